The van der Waals surface area contributed by atoms with Gasteiger partial charge in [0, 0.05) is 68.4 Å². The molecule has 8 nitrogen and oxygen atoms in total. The second kappa shape index (κ2) is 11.8. The van der Waals surface area contributed by atoms with Crippen molar-refractivity contribution in [3.63, 3.8) is 0 Å². The average Bonchev–Trinajstić information content (AvgIpc) is 3.45. The van der Waals surface area contributed by atoms with Crippen LogP contribution in [0.3, 0.4) is 0 Å². The van der Waals surface area contributed by atoms with Crippen LogP contribution in [0.1, 0.15) is 55.8 Å². The zero-order valence-corrected chi connectivity index (χ0v) is 24.0. The Morgan fingerprint density at radius 1 is 1.02 bits per heavy atom. The number of alkyl halides is 3. The van der Waals surface area contributed by atoms with Crippen molar-refractivity contribution in [2.24, 2.45) is 11.3 Å². The summed E-state index contributed by atoms with van der Waals surface area (Å²) in [5.74, 6) is -1.96. The highest BCUT2D eigenvalue weighted by atomic mass is 19.4. The molecule has 2 aliphatic heterocycles. The van der Waals surface area contributed by atoms with Crippen molar-refractivity contribution >= 4 is 11.8 Å². The molecule has 11 heteroatoms. The number of carbonyl (C=O) groups excluding carboxylic acids is 2. The van der Waals surface area contributed by atoms with E-state index in [2.05, 4.69) is 5.32 Å². The summed E-state index contributed by atoms with van der Waals surface area (Å²) >= 11 is 0. The van der Waals surface area contributed by atoms with Crippen LogP contribution in [0, 0.1) is 11.3 Å². The van der Waals surface area contributed by atoms with E-state index in [1.165, 1.54) is 22.5 Å². The van der Waals surface area contributed by atoms with Gasteiger partial charge in [0.25, 0.3) is 11.5 Å². The zero-order valence-electron chi connectivity index (χ0n) is 24.0. The molecule has 42 heavy (non-hydrogen) atoms. The largest absolute Gasteiger partial charge is 0.389 e. The van der Waals surface area contributed by atoms with Crippen LogP contribution in [-0.2, 0) is 11.3 Å². The predicted octanol–water partition coefficient (Wildman–Crippen LogP) is 3.67. The first-order valence-electron chi connectivity index (χ1n) is 14.8. The van der Waals surface area contributed by atoms with E-state index in [-0.39, 0.29) is 37.5 Å². The summed E-state index contributed by atoms with van der Waals surface area (Å²) in [4.78, 5) is 43.5. The summed E-state index contributed by atoms with van der Waals surface area (Å²) in [6.45, 7) is 3.89. The number of hydrogen-bond donors (Lipinski definition) is 2. The van der Waals surface area contributed by atoms with Gasteiger partial charge in [-0.1, -0.05) is 50.1 Å². The molecule has 1 aromatic heterocycles. The Balaban J connectivity index is 1.46. The van der Waals surface area contributed by atoms with Crippen LogP contribution in [0.25, 0.3) is 11.1 Å². The van der Waals surface area contributed by atoms with E-state index in [1.54, 1.807) is 11.1 Å². The van der Waals surface area contributed by atoms with E-state index < -0.39 is 35.4 Å². The van der Waals surface area contributed by atoms with Gasteiger partial charge in [-0.2, -0.15) is 13.2 Å². The molecular weight excluding hydrogens is 549 g/mol. The second-order valence-electron chi connectivity index (χ2n) is 12.2. The number of pyridine rings is 1. The first-order chi connectivity index (χ1) is 19.9. The van der Waals surface area contributed by atoms with Gasteiger partial charge >= 0.3 is 6.18 Å². The summed E-state index contributed by atoms with van der Waals surface area (Å²) in [5, 5.41) is 15.4. The molecule has 2 amide bonds. The van der Waals surface area contributed by atoms with Gasteiger partial charge < -0.3 is 24.8 Å². The highest BCUT2D eigenvalue weighted by Gasteiger charge is 2.56. The third kappa shape index (κ3) is 6.13. The molecule has 1 aliphatic carbocycles. The van der Waals surface area contributed by atoms with Crippen molar-refractivity contribution in [1.29, 1.82) is 0 Å². The Kier molecular flexibility index (Phi) is 8.53. The minimum Gasteiger partial charge on any atom is -0.387 e. The maximum atomic E-state index is 13.8. The lowest BCUT2D eigenvalue weighted by Crippen LogP contribution is -2.62. The van der Waals surface area contributed by atoms with Crippen LogP contribution >= 0.6 is 0 Å². The Labute approximate surface area is 243 Å². The summed E-state index contributed by atoms with van der Waals surface area (Å²) in [6.07, 6.45) is -1.11. The van der Waals surface area contributed by atoms with Crippen LogP contribution in [0.2, 0.25) is 0 Å². The summed E-state index contributed by atoms with van der Waals surface area (Å²) in [5.41, 5.74) is -0.835. The number of carbonyl (C=O) groups is 2. The minimum atomic E-state index is -4.44. The molecule has 1 saturated carbocycles. The fourth-order valence-corrected chi connectivity index (χ4v) is 7.08. The van der Waals surface area contributed by atoms with Crippen molar-refractivity contribution in [3.05, 3.63) is 58.5 Å². The minimum absolute atomic E-state index is 0.0666. The maximum absolute atomic E-state index is 13.8. The number of amides is 2. The number of piperidine rings is 1. The van der Waals surface area contributed by atoms with Crippen molar-refractivity contribution in [1.82, 2.24) is 19.7 Å². The van der Waals surface area contributed by atoms with Crippen LogP contribution in [0.15, 0.2) is 47.4 Å². The Bertz CT molecular complexity index is 1350. The summed E-state index contributed by atoms with van der Waals surface area (Å²) in [7, 11) is 0. The fourth-order valence-electron chi connectivity index (χ4n) is 7.08. The topological polar surface area (TPSA) is 94.9 Å². The SMILES string of the molecule is CC(CC(F)(F)F)C(=O)N1CC[C@@](O)(Cn2cc(C(=O)N3CCNCC3)c(-c3ccccc3)cc2=O)C2(CCCC2)C1. The Hall–Kier alpha value is -3.18. The van der Waals surface area contributed by atoms with E-state index in [0.29, 0.717) is 50.1 Å². The van der Waals surface area contributed by atoms with Crippen molar-refractivity contribution in [3.8, 4) is 11.1 Å². The zero-order chi connectivity index (χ0) is 30.1. The average molecular weight is 589 g/mol. The van der Waals surface area contributed by atoms with Crippen LogP contribution in [0.5, 0.6) is 0 Å². The molecule has 1 spiro atoms. The number of rotatable bonds is 6. The van der Waals surface area contributed by atoms with Crippen LogP contribution < -0.4 is 10.9 Å². The van der Waals surface area contributed by atoms with Gasteiger partial charge in [0.1, 0.15) is 0 Å². The first kappa shape index (κ1) is 30.3. The molecule has 0 bridgehead atoms. The lowest BCUT2D eigenvalue weighted by molar-refractivity contribution is -0.172. The number of aromatic nitrogens is 1. The quantitative estimate of drug-likeness (QED) is 0.537. The number of piperazine rings is 1. The van der Waals surface area contributed by atoms with E-state index in [9.17, 15) is 32.7 Å². The third-order valence-electron chi connectivity index (χ3n) is 9.38. The van der Waals surface area contributed by atoms with Gasteiger partial charge in [0.05, 0.1) is 24.1 Å². The van der Waals surface area contributed by atoms with E-state index >= 15 is 0 Å². The summed E-state index contributed by atoms with van der Waals surface area (Å²) in [6, 6.07) is 10.7. The lowest BCUT2D eigenvalue weighted by Gasteiger charge is -2.52. The molecule has 2 saturated heterocycles. The normalized spacial score (nSPS) is 23.3. The number of nitrogens with zero attached hydrogens (tertiary/aromatic N) is 3. The monoisotopic (exact) mass is 588 g/mol. The highest BCUT2D eigenvalue weighted by Crippen LogP contribution is 2.52. The summed E-state index contributed by atoms with van der Waals surface area (Å²) < 4.78 is 40.4. The fraction of sp³-hybridized carbons (Fsp3) is 0.581. The number of nitrogens with one attached hydrogen (secondary N) is 1. The van der Waals surface area contributed by atoms with Gasteiger partial charge in [-0.3, -0.25) is 14.4 Å². The molecule has 3 fully saturated rings. The number of halogens is 3. The van der Waals surface area contributed by atoms with E-state index in [0.717, 1.165) is 18.4 Å². The molecular formula is C31H39F3N4O4. The maximum Gasteiger partial charge on any atom is 0.389 e. The molecule has 2 N–H and O–H groups in total. The molecule has 3 heterocycles. The number of hydrogen-bond acceptors (Lipinski definition) is 5. The van der Waals surface area contributed by atoms with Gasteiger partial charge in [0.15, 0.2) is 0 Å². The number of likely N-dealkylation sites (tertiary alicyclic amines) is 1. The molecule has 5 rings (SSSR count). The van der Waals surface area contributed by atoms with E-state index in [4.69, 9.17) is 0 Å². The number of benzene rings is 1. The molecule has 1 aromatic carbocycles. The Morgan fingerprint density at radius 2 is 1.69 bits per heavy atom. The van der Waals surface area contributed by atoms with Crippen LogP contribution in [-0.4, -0.2) is 82.3 Å². The predicted molar refractivity (Wildman–Crippen MR) is 152 cm³/mol. The molecule has 228 valence electrons. The van der Waals surface area contributed by atoms with Gasteiger partial charge in [-0.15, -0.1) is 0 Å². The van der Waals surface area contributed by atoms with Gasteiger partial charge in [0.2, 0.25) is 5.91 Å². The lowest BCUT2D eigenvalue weighted by atomic mass is 9.65. The molecule has 1 unspecified atom stereocenters. The first-order valence-corrected chi connectivity index (χ1v) is 14.8. The van der Waals surface area contributed by atoms with Crippen molar-refractivity contribution in [2.75, 3.05) is 39.3 Å². The number of aliphatic hydroxyl groups is 1. The molecule has 0 radical (unpaired) electrons. The smallest absolute Gasteiger partial charge is 0.387 e. The molecule has 2 aromatic rings. The molecule has 2 atom stereocenters. The third-order valence-corrected chi connectivity index (χ3v) is 9.38. The van der Waals surface area contributed by atoms with Crippen molar-refractivity contribution < 1.29 is 27.9 Å². The second-order valence-corrected chi connectivity index (χ2v) is 12.2. The van der Waals surface area contributed by atoms with Crippen molar-refractivity contribution in [2.45, 2.75) is 63.8 Å². The van der Waals surface area contributed by atoms with Gasteiger partial charge in [-0.05, 0) is 24.8 Å². The van der Waals surface area contributed by atoms with Crippen LogP contribution in [0.4, 0.5) is 13.2 Å². The Morgan fingerprint density at radius 3 is 2.33 bits per heavy atom. The van der Waals surface area contributed by atoms with E-state index in [1.807, 2.05) is 30.3 Å². The van der Waals surface area contributed by atoms with Gasteiger partial charge in [-0.25, -0.2) is 0 Å². The molecule has 3 aliphatic rings. The highest BCUT2D eigenvalue weighted by molar-refractivity contribution is 6.00. The standard InChI is InChI=1S/C31H39F3N4O4/c1-22(18-31(32,33)34)27(40)37-14-11-30(42,29(20-37)9-5-6-10-29)21-38-19-25(28(41)36-15-12-35-13-16-36)24(17-26(38)39)23-7-3-2-4-8-23/h2-4,7-8,17,19,22,35,42H,5-6,9-16,18,20-21H2,1H3/t22?,30-/m1/s1.